The van der Waals surface area contributed by atoms with Crippen LogP contribution >= 0.6 is 27.5 Å². The van der Waals surface area contributed by atoms with E-state index in [9.17, 15) is 8.42 Å². The molecule has 0 radical (unpaired) electrons. The first kappa shape index (κ1) is 14.3. The minimum absolute atomic E-state index is 0.0883. The standard InChI is InChI=1S/C10H10BrClN4O2S/c1-6-3-9(16(2)14-6)15-19(17,18)8-4-7(11)5-13-10(8)12/h3-5,15H,1-2H3. The molecule has 0 aromatic carbocycles. The molecule has 6 nitrogen and oxygen atoms in total. The maximum absolute atomic E-state index is 12.2. The fourth-order valence-electron chi connectivity index (χ4n) is 1.49. The molecule has 19 heavy (non-hydrogen) atoms. The third-order valence-corrected chi connectivity index (χ3v) is 4.52. The molecular formula is C10H10BrClN4O2S. The zero-order valence-electron chi connectivity index (χ0n) is 10.1. The molecule has 0 atom stereocenters. The van der Waals surface area contributed by atoms with Crippen LogP contribution in [0.3, 0.4) is 0 Å². The van der Waals surface area contributed by atoms with Gasteiger partial charge in [-0.25, -0.2) is 13.4 Å². The van der Waals surface area contributed by atoms with Crippen molar-refractivity contribution in [2.45, 2.75) is 11.8 Å². The summed E-state index contributed by atoms with van der Waals surface area (Å²) in [6, 6.07) is 3.01. The first-order valence-corrected chi connectivity index (χ1v) is 7.79. The van der Waals surface area contributed by atoms with E-state index in [4.69, 9.17) is 11.6 Å². The van der Waals surface area contributed by atoms with Gasteiger partial charge in [-0.2, -0.15) is 5.10 Å². The van der Waals surface area contributed by atoms with E-state index in [0.717, 1.165) is 0 Å². The Hall–Kier alpha value is -1.12. The van der Waals surface area contributed by atoms with Crippen molar-refractivity contribution in [3.8, 4) is 0 Å². The zero-order valence-corrected chi connectivity index (χ0v) is 13.2. The van der Waals surface area contributed by atoms with Crippen molar-refractivity contribution >= 4 is 43.4 Å². The highest BCUT2D eigenvalue weighted by atomic mass is 79.9. The Labute approximate surface area is 124 Å². The van der Waals surface area contributed by atoms with Gasteiger partial charge < -0.3 is 0 Å². The van der Waals surface area contributed by atoms with Crippen LogP contribution in [0.5, 0.6) is 0 Å². The number of pyridine rings is 1. The maximum atomic E-state index is 12.2. The summed E-state index contributed by atoms with van der Waals surface area (Å²) in [6.07, 6.45) is 1.43. The van der Waals surface area contributed by atoms with Crippen molar-refractivity contribution in [3.05, 3.63) is 33.6 Å². The summed E-state index contributed by atoms with van der Waals surface area (Å²) in [5.41, 5.74) is 0.707. The van der Waals surface area contributed by atoms with Crippen molar-refractivity contribution in [1.29, 1.82) is 0 Å². The molecule has 0 amide bonds. The van der Waals surface area contributed by atoms with Crippen molar-refractivity contribution in [2.24, 2.45) is 7.05 Å². The second-order valence-electron chi connectivity index (χ2n) is 3.84. The number of nitrogens with one attached hydrogen (secondary N) is 1. The van der Waals surface area contributed by atoms with E-state index < -0.39 is 10.0 Å². The van der Waals surface area contributed by atoms with Gasteiger partial charge in [-0.3, -0.25) is 9.40 Å². The van der Waals surface area contributed by atoms with Crippen molar-refractivity contribution in [1.82, 2.24) is 14.8 Å². The molecule has 0 bridgehead atoms. The predicted octanol–water partition coefficient (Wildman–Crippen LogP) is 2.34. The van der Waals surface area contributed by atoms with Crippen molar-refractivity contribution in [2.75, 3.05) is 4.72 Å². The van der Waals surface area contributed by atoms with Crippen LogP contribution in [0.1, 0.15) is 5.69 Å². The van der Waals surface area contributed by atoms with E-state index in [2.05, 4.69) is 30.7 Å². The Bertz CT molecular complexity index is 729. The number of rotatable bonds is 3. The molecule has 0 fully saturated rings. The minimum Gasteiger partial charge on any atom is -0.263 e. The SMILES string of the molecule is Cc1cc(NS(=O)(=O)c2cc(Br)cnc2Cl)n(C)n1. The molecule has 2 heterocycles. The Morgan fingerprint density at radius 2 is 2.11 bits per heavy atom. The van der Waals surface area contributed by atoms with Gasteiger partial charge in [0.25, 0.3) is 10.0 Å². The van der Waals surface area contributed by atoms with E-state index >= 15 is 0 Å². The molecule has 0 unspecified atom stereocenters. The lowest BCUT2D eigenvalue weighted by atomic mass is 10.5. The number of halogens is 2. The van der Waals surface area contributed by atoms with Gasteiger partial charge in [0.2, 0.25) is 0 Å². The number of hydrogen-bond donors (Lipinski definition) is 1. The van der Waals surface area contributed by atoms with Gasteiger partial charge in [-0.05, 0) is 28.9 Å². The van der Waals surface area contributed by atoms with E-state index in [-0.39, 0.29) is 10.0 Å². The normalized spacial score (nSPS) is 11.6. The predicted molar refractivity (Wildman–Crippen MR) is 75.7 cm³/mol. The van der Waals surface area contributed by atoms with Crippen LogP contribution in [-0.4, -0.2) is 23.2 Å². The largest absolute Gasteiger partial charge is 0.266 e. The number of anilines is 1. The van der Waals surface area contributed by atoms with Crippen LogP contribution in [0, 0.1) is 6.92 Å². The Balaban J connectivity index is 2.43. The molecule has 2 aromatic rings. The molecule has 9 heteroatoms. The number of aromatic nitrogens is 3. The van der Waals surface area contributed by atoms with Gasteiger partial charge in [0.1, 0.15) is 15.9 Å². The van der Waals surface area contributed by atoms with Gasteiger partial charge in [-0.15, -0.1) is 0 Å². The van der Waals surface area contributed by atoms with Crippen LogP contribution < -0.4 is 4.72 Å². The number of sulfonamides is 1. The molecule has 0 saturated heterocycles. The van der Waals surface area contributed by atoms with Crippen LogP contribution in [0.4, 0.5) is 5.82 Å². The van der Waals surface area contributed by atoms with Crippen molar-refractivity contribution in [3.63, 3.8) is 0 Å². The molecule has 0 aliphatic heterocycles. The third-order valence-electron chi connectivity index (χ3n) is 2.30. The molecule has 0 aliphatic rings. The molecule has 0 aliphatic carbocycles. The first-order chi connectivity index (χ1) is 8.79. The Morgan fingerprint density at radius 1 is 1.42 bits per heavy atom. The fourth-order valence-corrected chi connectivity index (χ4v) is 3.52. The maximum Gasteiger partial charge on any atom is 0.266 e. The Morgan fingerprint density at radius 3 is 2.68 bits per heavy atom. The van der Waals surface area contributed by atoms with Gasteiger partial charge in [0.15, 0.2) is 0 Å². The minimum atomic E-state index is -3.81. The Kier molecular flexibility index (Phi) is 3.84. The van der Waals surface area contributed by atoms with Crippen LogP contribution in [0.15, 0.2) is 27.7 Å². The second kappa shape index (κ2) is 5.10. The molecule has 102 valence electrons. The van der Waals surface area contributed by atoms with Crippen molar-refractivity contribution < 1.29 is 8.42 Å². The molecule has 0 spiro atoms. The summed E-state index contributed by atoms with van der Waals surface area (Å²) < 4.78 is 28.9. The highest BCUT2D eigenvalue weighted by Crippen LogP contribution is 2.24. The summed E-state index contributed by atoms with van der Waals surface area (Å²) in [6.45, 7) is 1.77. The van der Waals surface area contributed by atoms with Gasteiger partial charge in [-0.1, -0.05) is 11.6 Å². The third kappa shape index (κ3) is 3.07. The number of aryl methyl sites for hydroxylation is 2. The smallest absolute Gasteiger partial charge is 0.263 e. The van der Waals surface area contributed by atoms with Gasteiger partial charge in [0.05, 0.1) is 5.69 Å². The highest BCUT2D eigenvalue weighted by Gasteiger charge is 2.21. The molecule has 2 aromatic heterocycles. The molecular weight excluding hydrogens is 356 g/mol. The topological polar surface area (TPSA) is 76.9 Å². The van der Waals surface area contributed by atoms with E-state index in [0.29, 0.717) is 16.0 Å². The average molecular weight is 366 g/mol. The zero-order chi connectivity index (χ0) is 14.2. The lowest BCUT2D eigenvalue weighted by molar-refractivity contribution is 0.600. The van der Waals surface area contributed by atoms with Gasteiger partial charge in [0, 0.05) is 23.8 Å². The summed E-state index contributed by atoms with van der Waals surface area (Å²) in [7, 11) is -2.17. The monoisotopic (exact) mass is 364 g/mol. The lowest BCUT2D eigenvalue weighted by Crippen LogP contribution is -2.16. The van der Waals surface area contributed by atoms with Crippen LogP contribution in [-0.2, 0) is 17.1 Å². The van der Waals surface area contributed by atoms with E-state index in [1.54, 1.807) is 20.0 Å². The van der Waals surface area contributed by atoms with Crippen LogP contribution in [0.25, 0.3) is 0 Å². The van der Waals surface area contributed by atoms with E-state index in [1.807, 2.05) is 0 Å². The molecule has 2 rings (SSSR count). The first-order valence-electron chi connectivity index (χ1n) is 5.14. The fraction of sp³-hybridized carbons (Fsp3) is 0.200. The quantitative estimate of drug-likeness (QED) is 0.847. The van der Waals surface area contributed by atoms with Gasteiger partial charge >= 0.3 is 0 Å². The molecule has 1 N–H and O–H groups in total. The average Bonchev–Trinajstić information content (AvgIpc) is 2.60. The summed E-state index contributed by atoms with van der Waals surface area (Å²) in [5.74, 6) is 0.355. The second-order valence-corrected chi connectivity index (χ2v) is 6.77. The lowest BCUT2D eigenvalue weighted by Gasteiger charge is -2.09. The molecule has 0 saturated carbocycles. The number of hydrogen-bond acceptors (Lipinski definition) is 4. The summed E-state index contributed by atoms with van der Waals surface area (Å²) in [4.78, 5) is 3.70. The van der Waals surface area contributed by atoms with E-state index in [1.165, 1.54) is 16.9 Å². The number of nitrogens with zero attached hydrogens (tertiary/aromatic N) is 3. The summed E-state index contributed by atoms with van der Waals surface area (Å²) in [5, 5.41) is 3.97. The van der Waals surface area contributed by atoms with Crippen LogP contribution in [0.2, 0.25) is 5.15 Å². The highest BCUT2D eigenvalue weighted by molar-refractivity contribution is 9.10. The summed E-state index contributed by atoms with van der Waals surface area (Å²) >= 11 is 8.98.